The Labute approximate surface area is 207 Å². The number of hydrogen-bond donors (Lipinski definition) is 2. The van der Waals surface area contributed by atoms with E-state index in [0.717, 1.165) is 62.2 Å². The number of rotatable bonds is 8. The maximum absolute atomic E-state index is 6.20. The van der Waals surface area contributed by atoms with Crippen LogP contribution in [0.25, 0.3) is 0 Å². The predicted molar refractivity (Wildman–Crippen MR) is 138 cm³/mol. The number of benzene rings is 1. The molecule has 2 N–H and O–H groups in total. The number of aliphatic imine (C=N–C) groups is 1. The Morgan fingerprint density at radius 3 is 2.84 bits per heavy atom. The zero-order valence-corrected chi connectivity index (χ0v) is 21.5. The molecule has 0 saturated heterocycles. The van der Waals surface area contributed by atoms with Gasteiger partial charge in [-0.1, -0.05) is 30.2 Å². The number of aromatic nitrogens is 3. The van der Waals surface area contributed by atoms with E-state index in [0.29, 0.717) is 0 Å². The first-order chi connectivity index (χ1) is 14.7. The van der Waals surface area contributed by atoms with E-state index in [-0.39, 0.29) is 29.4 Å². The van der Waals surface area contributed by atoms with Gasteiger partial charge in [0.25, 0.3) is 0 Å². The van der Waals surface area contributed by atoms with Crippen molar-refractivity contribution in [1.29, 1.82) is 0 Å². The Balaban J connectivity index is 0.00000272. The summed E-state index contributed by atoms with van der Waals surface area (Å²) in [4.78, 5) is 4.89. The van der Waals surface area contributed by atoms with Gasteiger partial charge in [-0.05, 0) is 56.7 Å². The summed E-state index contributed by atoms with van der Waals surface area (Å²) in [5.41, 5.74) is 1.47. The van der Waals surface area contributed by atoms with Crippen molar-refractivity contribution in [2.45, 2.75) is 70.3 Å². The van der Waals surface area contributed by atoms with Crippen LogP contribution in [0.2, 0.25) is 5.02 Å². The standard InChI is InChI=1S/C23H33ClN6.HI/c1-2-25-22(27-17-23(12-13-23)18-8-6-9-19(24)16-18)26-14-7-11-21-29-28-20-10-4-3-5-15-30(20)21;/h6,8-9,16H,2-5,7,10-15,17H2,1H3,(H2,25,26,27);1H. The second kappa shape index (κ2) is 11.5. The lowest BCUT2D eigenvalue weighted by atomic mass is 9.96. The fraction of sp³-hybridized carbons (Fsp3) is 0.609. The minimum Gasteiger partial charge on any atom is -0.357 e. The molecular weight excluding hydrogens is 523 g/mol. The van der Waals surface area contributed by atoms with Gasteiger partial charge in [0.2, 0.25) is 0 Å². The molecule has 0 spiro atoms. The van der Waals surface area contributed by atoms with E-state index in [1.807, 2.05) is 12.1 Å². The first-order valence-corrected chi connectivity index (χ1v) is 11.8. The molecule has 0 amide bonds. The van der Waals surface area contributed by atoms with Crippen LogP contribution in [0.1, 0.15) is 62.7 Å². The van der Waals surface area contributed by atoms with Crippen molar-refractivity contribution in [3.05, 3.63) is 46.5 Å². The minimum atomic E-state index is 0. The van der Waals surface area contributed by atoms with Crippen LogP contribution in [-0.2, 0) is 24.8 Å². The smallest absolute Gasteiger partial charge is 0.191 e. The number of fused-ring (bicyclic) bond motifs is 1. The first kappa shape index (κ1) is 24.3. The molecule has 170 valence electrons. The second-order valence-corrected chi connectivity index (χ2v) is 8.95. The van der Waals surface area contributed by atoms with Gasteiger partial charge >= 0.3 is 0 Å². The highest BCUT2D eigenvalue weighted by Crippen LogP contribution is 2.48. The topological polar surface area (TPSA) is 67.1 Å². The number of guanidine groups is 1. The third-order valence-corrected chi connectivity index (χ3v) is 6.47. The van der Waals surface area contributed by atoms with Gasteiger partial charge in [0, 0.05) is 42.9 Å². The third-order valence-electron chi connectivity index (χ3n) is 6.23. The van der Waals surface area contributed by atoms with E-state index >= 15 is 0 Å². The summed E-state index contributed by atoms with van der Waals surface area (Å²) >= 11 is 6.20. The number of nitrogens with zero attached hydrogens (tertiary/aromatic N) is 4. The molecule has 0 unspecified atom stereocenters. The van der Waals surface area contributed by atoms with E-state index in [4.69, 9.17) is 16.6 Å². The van der Waals surface area contributed by atoms with E-state index in [9.17, 15) is 0 Å². The van der Waals surface area contributed by atoms with Crippen LogP contribution < -0.4 is 10.6 Å². The lowest BCUT2D eigenvalue weighted by Gasteiger charge is -2.16. The SMILES string of the molecule is CCNC(=NCC1(c2cccc(Cl)c2)CC1)NCCCc1nnc2n1CCCCC2.I. The van der Waals surface area contributed by atoms with Crippen molar-refractivity contribution < 1.29 is 0 Å². The molecule has 2 heterocycles. The monoisotopic (exact) mass is 556 g/mol. The highest BCUT2D eigenvalue weighted by molar-refractivity contribution is 14.0. The molecule has 31 heavy (non-hydrogen) atoms. The van der Waals surface area contributed by atoms with Gasteiger partial charge in [0.05, 0.1) is 6.54 Å². The van der Waals surface area contributed by atoms with Gasteiger partial charge in [-0.3, -0.25) is 4.99 Å². The lowest BCUT2D eigenvalue weighted by molar-refractivity contribution is 0.593. The zero-order chi connectivity index (χ0) is 20.8. The summed E-state index contributed by atoms with van der Waals surface area (Å²) in [6, 6.07) is 8.24. The highest BCUT2D eigenvalue weighted by atomic mass is 127. The van der Waals surface area contributed by atoms with Crippen molar-refractivity contribution >= 4 is 41.5 Å². The Hall–Kier alpha value is -1.35. The third kappa shape index (κ3) is 6.34. The van der Waals surface area contributed by atoms with E-state index in [1.54, 1.807) is 0 Å². The quantitative estimate of drug-likeness (QED) is 0.218. The summed E-state index contributed by atoms with van der Waals surface area (Å²) in [7, 11) is 0. The van der Waals surface area contributed by atoms with Gasteiger partial charge in [-0.25, -0.2) is 0 Å². The molecule has 0 bridgehead atoms. The maximum Gasteiger partial charge on any atom is 0.191 e. The molecule has 2 aliphatic rings. The fourth-order valence-electron chi connectivity index (χ4n) is 4.26. The van der Waals surface area contributed by atoms with Gasteiger partial charge < -0.3 is 15.2 Å². The van der Waals surface area contributed by atoms with E-state index in [1.165, 1.54) is 43.5 Å². The van der Waals surface area contributed by atoms with E-state index < -0.39 is 0 Å². The molecule has 1 aliphatic carbocycles. The Kier molecular flexibility index (Phi) is 9.01. The van der Waals surface area contributed by atoms with Gasteiger partial charge in [-0.15, -0.1) is 34.2 Å². The average Bonchev–Trinajstić information content (AvgIpc) is 3.50. The van der Waals surface area contributed by atoms with Crippen LogP contribution in [0.5, 0.6) is 0 Å². The number of halogens is 2. The van der Waals surface area contributed by atoms with Gasteiger partial charge in [-0.2, -0.15) is 0 Å². The van der Waals surface area contributed by atoms with Crippen molar-refractivity contribution in [1.82, 2.24) is 25.4 Å². The molecule has 0 atom stereocenters. The zero-order valence-electron chi connectivity index (χ0n) is 18.4. The lowest BCUT2D eigenvalue weighted by Crippen LogP contribution is -2.38. The van der Waals surface area contributed by atoms with Crippen molar-refractivity contribution in [2.24, 2.45) is 4.99 Å². The van der Waals surface area contributed by atoms with Crippen molar-refractivity contribution in [3.63, 3.8) is 0 Å². The Bertz CT molecular complexity index is 877. The number of aryl methyl sites for hydroxylation is 2. The van der Waals surface area contributed by atoms with Crippen LogP contribution in [-0.4, -0.2) is 40.4 Å². The molecule has 1 aromatic heterocycles. The van der Waals surface area contributed by atoms with Crippen molar-refractivity contribution in [2.75, 3.05) is 19.6 Å². The molecule has 6 nitrogen and oxygen atoms in total. The predicted octanol–water partition coefficient (Wildman–Crippen LogP) is 4.50. The fourth-order valence-corrected chi connectivity index (χ4v) is 4.45. The summed E-state index contributed by atoms with van der Waals surface area (Å²) in [6.45, 7) is 5.69. The molecule has 1 saturated carbocycles. The van der Waals surface area contributed by atoms with E-state index in [2.05, 4.69) is 44.5 Å². The summed E-state index contributed by atoms with van der Waals surface area (Å²) in [5, 5.41) is 16.5. The molecule has 4 rings (SSSR count). The van der Waals surface area contributed by atoms with Gasteiger partial charge in [0.1, 0.15) is 11.6 Å². The van der Waals surface area contributed by atoms with Crippen molar-refractivity contribution in [3.8, 4) is 0 Å². The highest BCUT2D eigenvalue weighted by Gasteiger charge is 2.44. The van der Waals surface area contributed by atoms with Crippen LogP contribution in [0.15, 0.2) is 29.3 Å². The molecular formula is C23H34ClIN6. The molecule has 1 aromatic carbocycles. The largest absolute Gasteiger partial charge is 0.357 e. The molecule has 1 aliphatic heterocycles. The summed E-state index contributed by atoms with van der Waals surface area (Å²) in [5.74, 6) is 3.19. The molecule has 1 fully saturated rings. The average molecular weight is 557 g/mol. The van der Waals surface area contributed by atoms with Crippen LogP contribution in [0, 0.1) is 0 Å². The Morgan fingerprint density at radius 2 is 2.06 bits per heavy atom. The molecule has 2 aromatic rings. The number of hydrogen-bond acceptors (Lipinski definition) is 3. The summed E-state index contributed by atoms with van der Waals surface area (Å²) in [6.07, 6.45) is 9.15. The molecule has 8 heteroatoms. The van der Waals surface area contributed by atoms with Crippen LogP contribution >= 0.6 is 35.6 Å². The van der Waals surface area contributed by atoms with Crippen LogP contribution in [0.3, 0.4) is 0 Å². The first-order valence-electron chi connectivity index (χ1n) is 11.4. The maximum atomic E-state index is 6.20. The van der Waals surface area contributed by atoms with Gasteiger partial charge in [0.15, 0.2) is 5.96 Å². The second-order valence-electron chi connectivity index (χ2n) is 8.51. The number of nitrogens with one attached hydrogen (secondary N) is 2. The Morgan fingerprint density at radius 1 is 1.19 bits per heavy atom. The normalized spacial score (nSPS) is 17.3. The molecule has 0 radical (unpaired) electrons. The minimum absolute atomic E-state index is 0. The van der Waals surface area contributed by atoms with Crippen LogP contribution in [0.4, 0.5) is 0 Å². The summed E-state index contributed by atoms with van der Waals surface area (Å²) < 4.78 is 2.34.